The molecule has 0 aromatic heterocycles. The minimum absolute atomic E-state index is 0. The number of nitrogens with zero attached hydrogens (tertiary/aromatic N) is 3. The lowest BCUT2D eigenvalue weighted by Crippen LogP contribution is -2.46. The molecule has 1 atom stereocenters. The van der Waals surface area contributed by atoms with E-state index in [-0.39, 0.29) is 35.9 Å². The number of hydrogen-bond acceptors (Lipinski definition) is 3. The van der Waals surface area contributed by atoms with Gasteiger partial charge in [-0.05, 0) is 56.7 Å². The van der Waals surface area contributed by atoms with Gasteiger partial charge in [0.05, 0.1) is 12.6 Å². The van der Waals surface area contributed by atoms with Gasteiger partial charge in [-0.2, -0.15) is 0 Å². The average molecular weight is 499 g/mol. The zero-order valence-corrected chi connectivity index (χ0v) is 19.4. The Hall–Kier alpha value is -1.51. The van der Waals surface area contributed by atoms with Gasteiger partial charge < -0.3 is 20.4 Å². The van der Waals surface area contributed by atoms with Gasteiger partial charge in [-0.3, -0.25) is 9.79 Å². The maximum absolute atomic E-state index is 12.3. The number of aliphatic imine (C=N–C) groups is 1. The molecule has 1 aromatic rings. The van der Waals surface area contributed by atoms with E-state index in [1.54, 1.807) is 7.05 Å². The van der Waals surface area contributed by atoms with Gasteiger partial charge >= 0.3 is 0 Å². The van der Waals surface area contributed by atoms with Crippen molar-refractivity contribution in [1.82, 2.24) is 15.5 Å². The molecule has 2 aliphatic heterocycles. The molecule has 0 aliphatic carbocycles. The van der Waals surface area contributed by atoms with Crippen LogP contribution in [0.1, 0.15) is 50.6 Å². The van der Waals surface area contributed by atoms with Crippen LogP contribution in [0.2, 0.25) is 0 Å². The molecule has 0 radical (unpaired) electrons. The van der Waals surface area contributed by atoms with Crippen LogP contribution in [0, 0.1) is 0 Å². The number of anilines is 1. The summed E-state index contributed by atoms with van der Waals surface area (Å²) in [5, 5.41) is 6.58. The summed E-state index contributed by atoms with van der Waals surface area (Å²) in [7, 11) is 1.74. The number of piperidine rings is 1. The summed E-state index contributed by atoms with van der Waals surface area (Å²) in [5.74, 6) is 0.820. The van der Waals surface area contributed by atoms with Crippen molar-refractivity contribution in [2.45, 2.75) is 45.1 Å². The molecule has 3 rings (SSSR count). The van der Waals surface area contributed by atoms with Crippen LogP contribution in [0.3, 0.4) is 0 Å². The van der Waals surface area contributed by atoms with E-state index in [1.807, 2.05) is 4.90 Å². The van der Waals surface area contributed by atoms with Crippen LogP contribution in [0.5, 0.6) is 0 Å². The Labute approximate surface area is 186 Å². The Bertz CT molecular complexity index is 654. The standard InChI is InChI=1S/C21H33N5O.HI/c1-17(18-9-8-10-19(15-18)25-11-6-7-12-25)24-21(22-2)23-16-20(27)26-13-4-3-5-14-26;/h8-10,15,17H,3-7,11-14,16H2,1-2H3,(H2,22,23,24);1H. The average Bonchev–Trinajstić information content (AvgIpc) is 3.26. The van der Waals surface area contributed by atoms with Gasteiger partial charge in [-0.15, -0.1) is 24.0 Å². The third-order valence-corrected chi connectivity index (χ3v) is 5.53. The van der Waals surface area contributed by atoms with E-state index in [0.29, 0.717) is 12.5 Å². The van der Waals surface area contributed by atoms with E-state index >= 15 is 0 Å². The number of rotatable bonds is 5. The number of carbonyl (C=O) groups is 1. The number of guanidine groups is 1. The number of nitrogens with one attached hydrogen (secondary N) is 2. The minimum Gasteiger partial charge on any atom is -0.372 e. The number of amides is 1. The lowest BCUT2D eigenvalue weighted by Gasteiger charge is -2.27. The van der Waals surface area contributed by atoms with Crippen LogP contribution >= 0.6 is 24.0 Å². The number of benzene rings is 1. The first-order valence-electron chi connectivity index (χ1n) is 10.3. The third kappa shape index (κ3) is 6.25. The molecule has 1 aromatic carbocycles. The molecule has 0 saturated carbocycles. The Kier molecular flexibility index (Phi) is 9.34. The highest BCUT2D eigenvalue weighted by molar-refractivity contribution is 14.0. The van der Waals surface area contributed by atoms with Crippen LogP contribution in [-0.4, -0.2) is 56.5 Å². The lowest BCUT2D eigenvalue weighted by molar-refractivity contribution is -0.130. The van der Waals surface area contributed by atoms with Crippen LogP contribution in [-0.2, 0) is 4.79 Å². The predicted octanol–water partition coefficient (Wildman–Crippen LogP) is 3.14. The zero-order chi connectivity index (χ0) is 19.1. The molecule has 156 valence electrons. The first kappa shape index (κ1) is 22.8. The molecule has 0 spiro atoms. The Morgan fingerprint density at radius 3 is 2.46 bits per heavy atom. The minimum atomic E-state index is 0. The Morgan fingerprint density at radius 2 is 1.79 bits per heavy atom. The highest BCUT2D eigenvalue weighted by atomic mass is 127. The fraction of sp³-hybridized carbons (Fsp3) is 0.619. The quantitative estimate of drug-likeness (QED) is 0.372. The Morgan fingerprint density at radius 1 is 1.11 bits per heavy atom. The SMILES string of the molecule is CN=C(NCC(=O)N1CCCCC1)NC(C)c1cccc(N2CCCC2)c1.I. The zero-order valence-electron chi connectivity index (χ0n) is 17.1. The van der Waals surface area contributed by atoms with Gasteiger partial charge in [0.25, 0.3) is 0 Å². The maximum Gasteiger partial charge on any atom is 0.241 e. The summed E-state index contributed by atoms with van der Waals surface area (Å²) in [6.45, 7) is 6.47. The molecule has 28 heavy (non-hydrogen) atoms. The van der Waals surface area contributed by atoms with Crippen LogP contribution in [0.15, 0.2) is 29.3 Å². The topological polar surface area (TPSA) is 60.0 Å². The number of hydrogen-bond donors (Lipinski definition) is 2. The van der Waals surface area contributed by atoms with E-state index in [2.05, 4.69) is 51.7 Å². The number of carbonyl (C=O) groups excluding carboxylic acids is 1. The summed E-state index contributed by atoms with van der Waals surface area (Å²) >= 11 is 0. The van der Waals surface area contributed by atoms with E-state index in [1.165, 1.54) is 30.5 Å². The summed E-state index contributed by atoms with van der Waals surface area (Å²) in [5.41, 5.74) is 2.52. The summed E-state index contributed by atoms with van der Waals surface area (Å²) in [6, 6.07) is 8.82. The van der Waals surface area contributed by atoms with E-state index in [4.69, 9.17) is 0 Å². The molecule has 2 saturated heterocycles. The number of likely N-dealkylation sites (tertiary alicyclic amines) is 1. The third-order valence-electron chi connectivity index (χ3n) is 5.53. The highest BCUT2D eigenvalue weighted by Gasteiger charge is 2.17. The van der Waals surface area contributed by atoms with Crippen molar-refractivity contribution >= 4 is 41.5 Å². The van der Waals surface area contributed by atoms with Crippen molar-refractivity contribution in [2.75, 3.05) is 44.7 Å². The van der Waals surface area contributed by atoms with Crippen molar-refractivity contribution in [3.8, 4) is 0 Å². The Balaban J connectivity index is 0.00000280. The molecule has 2 heterocycles. The molecular weight excluding hydrogens is 465 g/mol. The molecule has 1 unspecified atom stereocenters. The van der Waals surface area contributed by atoms with Crippen LogP contribution in [0.4, 0.5) is 5.69 Å². The van der Waals surface area contributed by atoms with Gasteiger partial charge in [0.2, 0.25) is 5.91 Å². The van der Waals surface area contributed by atoms with Crippen molar-refractivity contribution in [1.29, 1.82) is 0 Å². The molecule has 2 N–H and O–H groups in total. The van der Waals surface area contributed by atoms with Gasteiger partial charge in [0.1, 0.15) is 0 Å². The number of halogens is 1. The second-order valence-corrected chi connectivity index (χ2v) is 7.52. The second kappa shape index (κ2) is 11.5. The molecule has 2 aliphatic rings. The van der Waals surface area contributed by atoms with Crippen LogP contribution < -0.4 is 15.5 Å². The monoisotopic (exact) mass is 499 g/mol. The van der Waals surface area contributed by atoms with E-state index in [9.17, 15) is 4.79 Å². The molecule has 6 nitrogen and oxygen atoms in total. The fourth-order valence-electron chi connectivity index (χ4n) is 3.86. The largest absolute Gasteiger partial charge is 0.372 e. The van der Waals surface area contributed by atoms with E-state index < -0.39 is 0 Å². The van der Waals surface area contributed by atoms with Crippen molar-refractivity contribution in [3.05, 3.63) is 29.8 Å². The second-order valence-electron chi connectivity index (χ2n) is 7.52. The predicted molar refractivity (Wildman–Crippen MR) is 127 cm³/mol. The first-order valence-corrected chi connectivity index (χ1v) is 10.3. The lowest BCUT2D eigenvalue weighted by atomic mass is 10.1. The van der Waals surface area contributed by atoms with E-state index in [0.717, 1.165) is 39.0 Å². The van der Waals surface area contributed by atoms with Gasteiger partial charge in [-0.1, -0.05) is 12.1 Å². The molecule has 7 heteroatoms. The van der Waals surface area contributed by atoms with Gasteiger partial charge in [0.15, 0.2) is 5.96 Å². The highest BCUT2D eigenvalue weighted by Crippen LogP contribution is 2.23. The summed E-state index contributed by atoms with van der Waals surface area (Å²) < 4.78 is 0. The van der Waals surface area contributed by atoms with Gasteiger partial charge in [-0.25, -0.2) is 0 Å². The molecule has 2 fully saturated rings. The van der Waals surface area contributed by atoms with Crippen molar-refractivity contribution < 1.29 is 4.79 Å². The maximum atomic E-state index is 12.3. The molecule has 0 bridgehead atoms. The van der Waals surface area contributed by atoms with Crippen molar-refractivity contribution in [3.63, 3.8) is 0 Å². The van der Waals surface area contributed by atoms with Crippen molar-refractivity contribution in [2.24, 2.45) is 4.99 Å². The van der Waals surface area contributed by atoms with Crippen LogP contribution in [0.25, 0.3) is 0 Å². The smallest absolute Gasteiger partial charge is 0.241 e. The molecule has 1 amide bonds. The molecular formula is C21H34IN5O. The summed E-state index contributed by atoms with van der Waals surface area (Å²) in [4.78, 5) is 21.0. The normalized spacial score (nSPS) is 18.4. The fourth-order valence-corrected chi connectivity index (χ4v) is 3.86. The van der Waals surface area contributed by atoms with Gasteiger partial charge in [0, 0.05) is 38.9 Å². The first-order chi connectivity index (χ1) is 13.2. The summed E-state index contributed by atoms with van der Waals surface area (Å²) in [6.07, 6.45) is 6.01.